The van der Waals surface area contributed by atoms with Crippen LogP contribution < -0.4 is 0 Å². The number of carbonyl (C=O) groups is 1. The Morgan fingerprint density at radius 1 is 1.12 bits per heavy atom. The van der Waals surface area contributed by atoms with E-state index in [-0.39, 0.29) is 23.8 Å². The van der Waals surface area contributed by atoms with Crippen LogP contribution in [0.25, 0.3) is 10.4 Å². The van der Waals surface area contributed by atoms with Gasteiger partial charge in [-0.3, -0.25) is 9.78 Å². The number of halogens is 1. The molecule has 0 aliphatic heterocycles. The second kappa shape index (κ2) is 7.60. The van der Waals surface area contributed by atoms with E-state index in [0.29, 0.717) is 13.0 Å². The highest BCUT2D eigenvalue weighted by Gasteiger charge is 2.45. The highest BCUT2D eigenvalue weighted by molar-refractivity contribution is 7.14. The number of nitrogens with zero attached hydrogens (tertiary/aromatic N) is 1. The molecule has 0 N–H and O–H groups in total. The zero-order valence-corrected chi connectivity index (χ0v) is 16.1. The van der Waals surface area contributed by atoms with Crippen LogP contribution >= 0.6 is 23.7 Å². The summed E-state index contributed by atoms with van der Waals surface area (Å²) in [4.78, 5) is 17.9. The summed E-state index contributed by atoms with van der Waals surface area (Å²) in [6.07, 6.45) is 4.73. The van der Waals surface area contributed by atoms with Gasteiger partial charge in [0.1, 0.15) is 0 Å². The SMILES string of the molecule is CCOC(=O)CC1(Cc2ccncc2)c2ccccc2-c2sccc21.Cl. The monoisotopic (exact) mass is 385 g/mol. The number of thiophene rings is 1. The number of fused-ring (bicyclic) bond motifs is 3. The van der Waals surface area contributed by atoms with Crippen LogP contribution in [0.2, 0.25) is 0 Å². The molecule has 1 aliphatic rings. The van der Waals surface area contributed by atoms with E-state index in [4.69, 9.17) is 4.74 Å². The predicted octanol–water partition coefficient (Wildman–Crippen LogP) is 5.03. The van der Waals surface area contributed by atoms with Gasteiger partial charge in [0.2, 0.25) is 0 Å². The number of ether oxygens (including phenoxy) is 1. The van der Waals surface area contributed by atoms with Crippen LogP contribution in [0.4, 0.5) is 0 Å². The molecule has 1 aromatic carbocycles. The number of aromatic nitrogens is 1. The minimum Gasteiger partial charge on any atom is -0.466 e. The summed E-state index contributed by atoms with van der Waals surface area (Å²) in [5.74, 6) is -0.148. The summed E-state index contributed by atoms with van der Waals surface area (Å²) in [6.45, 7) is 2.26. The lowest BCUT2D eigenvalue weighted by Crippen LogP contribution is -2.32. The van der Waals surface area contributed by atoms with Gasteiger partial charge < -0.3 is 4.74 Å². The van der Waals surface area contributed by atoms with Crippen molar-refractivity contribution in [1.29, 1.82) is 0 Å². The lowest BCUT2D eigenvalue weighted by molar-refractivity contribution is -0.144. The van der Waals surface area contributed by atoms with E-state index < -0.39 is 0 Å². The molecule has 1 aliphatic carbocycles. The molecule has 0 fully saturated rings. The summed E-state index contributed by atoms with van der Waals surface area (Å²) in [5, 5.41) is 2.12. The number of esters is 1. The van der Waals surface area contributed by atoms with Crippen molar-refractivity contribution < 1.29 is 9.53 Å². The van der Waals surface area contributed by atoms with Crippen LogP contribution in [-0.4, -0.2) is 17.6 Å². The van der Waals surface area contributed by atoms with Gasteiger partial charge in [0.15, 0.2) is 0 Å². The number of hydrogen-bond donors (Lipinski definition) is 0. The molecule has 0 saturated carbocycles. The Morgan fingerprint density at radius 2 is 1.88 bits per heavy atom. The smallest absolute Gasteiger partial charge is 0.307 e. The van der Waals surface area contributed by atoms with Gasteiger partial charge in [-0.2, -0.15) is 0 Å². The number of rotatable bonds is 5. The first-order chi connectivity index (χ1) is 12.2. The normalized spacial score (nSPS) is 17.1. The van der Waals surface area contributed by atoms with Crippen LogP contribution in [0.5, 0.6) is 0 Å². The summed E-state index contributed by atoms with van der Waals surface area (Å²) < 4.78 is 5.33. The average Bonchev–Trinajstić information content (AvgIpc) is 3.20. The standard InChI is InChI=1S/C21H19NO2S.ClH/c1-2-24-19(23)14-21(13-15-7-10-22-11-8-15)17-6-4-3-5-16(17)20-18(21)9-12-25-20;/h3-12H,2,13-14H2,1H3;1H. The van der Waals surface area contributed by atoms with Crippen molar-refractivity contribution in [1.82, 2.24) is 4.98 Å². The Bertz CT molecular complexity index is 909. The van der Waals surface area contributed by atoms with Gasteiger partial charge in [0.25, 0.3) is 0 Å². The van der Waals surface area contributed by atoms with Crippen molar-refractivity contribution in [2.45, 2.75) is 25.2 Å². The zero-order chi connectivity index (χ0) is 17.3. The second-order valence-corrected chi connectivity index (χ2v) is 7.22. The molecule has 1 unspecified atom stereocenters. The molecule has 134 valence electrons. The third kappa shape index (κ3) is 3.04. The van der Waals surface area contributed by atoms with E-state index in [1.165, 1.54) is 27.1 Å². The lowest BCUT2D eigenvalue weighted by Gasteiger charge is -2.31. The molecule has 5 heteroatoms. The van der Waals surface area contributed by atoms with E-state index in [9.17, 15) is 4.79 Å². The topological polar surface area (TPSA) is 39.2 Å². The van der Waals surface area contributed by atoms with Crippen molar-refractivity contribution in [2.75, 3.05) is 6.61 Å². The fourth-order valence-electron chi connectivity index (χ4n) is 3.89. The summed E-state index contributed by atoms with van der Waals surface area (Å²) >= 11 is 1.74. The summed E-state index contributed by atoms with van der Waals surface area (Å²) in [6, 6.07) is 14.7. The maximum absolute atomic E-state index is 12.5. The first kappa shape index (κ1) is 18.6. The van der Waals surface area contributed by atoms with Crippen LogP contribution in [0, 0.1) is 0 Å². The van der Waals surface area contributed by atoms with E-state index >= 15 is 0 Å². The molecule has 0 amide bonds. The van der Waals surface area contributed by atoms with Crippen molar-refractivity contribution in [3.05, 3.63) is 76.9 Å². The van der Waals surface area contributed by atoms with Gasteiger partial charge >= 0.3 is 5.97 Å². The largest absolute Gasteiger partial charge is 0.466 e. The molecule has 26 heavy (non-hydrogen) atoms. The molecule has 3 aromatic rings. The van der Waals surface area contributed by atoms with Gasteiger partial charge in [-0.1, -0.05) is 24.3 Å². The lowest BCUT2D eigenvalue weighted by atomic mass is 9.71. The van der Waals surface area contributed by atoms with E-state index in [1.54, 1.807) is 11.3 Å². The molecule has 1 atom stereocenters. The van der Waals surface area contributed by atoms with Gasteiger partial charge in [-0.05, 0) is 59.2 Å². The van der Waals surface area contributed by atoms with E-state index in [1.807, 2.05) is 31.5 Å². The van der Waals surface area contributed by atoms with Crippen LogP contribution in [0.3, 0.4) is 0 Å². The molecule has 2 aromatic heterocycles. The van der Waals surface area contributed by atoms with Crippen LogP contribution in [0.1, 0.15) is 30.0 Å². The molecule has 0 saturated heterocycles. The van der Waals surface area contributed by atoms with Crippen LogP contribution in [0.15, 0.2) is 60.2 Å². The molecular weight excluding hydrogens is 366 g/mol. The molecule has 2 heterocycles. The quantitative estimate of drug-likeness (QED) is 0.578. The third-order valence-corrected chi connectivity index (χ3v) is 5.82. The fourth-order valence-corrected chi connectivity index (χ4v) is 4.92. The van der Waals surface area contributed by atoms with E-state index in [0.717, 1.165) is 6.42 Å². The van der Waals surface area contributed by atoms with Gasteiger partial charge in [-0.25, -0.2) is 0 Å². The minimum absolute atomic E-state index is 0. The van der Waals surface area contributed by atoms with E-state index in [2.05, 4.69) is 40.7 Å². The zero-order valence-electron chi connectivity index (χ0n) is 14.5. The maximum atomic E-state index is 12.5. The summed E-state index contributed by atoms with van der Waals surface area (Å²) in [5.41, 5.74) is 4.50. The average molecular weight is 386 g/mol. The van der Waals surface area contributed by atoms with Crippen molar-refractivity contribution in [3.63, 3.8) is 0 Å². The molecular formula is C21H20ClNO2S. The molecule has 0 bridgehead atoms. The Morgan fingerprint density at radius 3 is 2.65 bits per heavy atom. The van der Waals surface area contributed by atoms with Crippen molar-refractivity contribution in [3.8, 4) is 10.4 Å². The van der Waals surface area contributed by atoms with Gasteiger partial charge in [0, 0.05) is 22.7 Å². The van der Waals surface area contributed by atoms with Crippen molar-refractivity contribution >= 4 is 29.7 Å². The first-order valence-electron chi connectivity index (χ1n) is 8.47. The number of pyridine rings is 1. The highest BCUT2D eigenvalue weighted by atomic mass is 35.5. The molecule has 3 nitrogen and oxygen atoms in total. The Kier molecular flexibility index (Phi) is 5.44. The number of carbonyl (C=O) groups excluding carboxylic acids is 1. The second-order valence-electron chi connectivity index (χ2n) is 6.31. The first-order valence-corrected chi connectivity index (χ1v) is 9.35. The Labute approximate surface area is 163 Å². The summed E-state index contributed by atoms with van der Waals surface area (Å²) in [7, 11) is 0. The van der Waals surface area contributed by atoms with Crippen LogP contribution in [-0.2, 0) is 21.4 Å². The molecule has 0 spiro atoms. The van der Waals surface area contributed by atoms with Crippen molar-refractivity contribution in [2.24, 2.45) is 0 Å². The minimum atomic E-state index is -0.375. The number of hydrogen-bond acceptors (Lipinski definition) is 4. The van der Waals surface area contributed by atoms with Gasteiger partial charge in [-0.15, -0.1) is 23.7 Å². The Hall–Kier alpha value is -2.17. The maximum Gasteiger partial charge on any atom is 0.307 e. The predicted molar refractivity (Wildman–Crippen MR) is 107 cm³/mol. The number of benzene rings is 1. The Balaban J connectivity index is 0.00000196. The third-order valence-electron chi connectivity index (χ3n) is 4.87. The fraction of sp³-hybridized carbons (Fsp3) is 0.238. The highest BCUT2D eigenvalue weighted by Crippen LogP contribution is 2.54. The van der Waals surface area contributed by atoms with Gasteiger partial charge in [0.05, 0.1) is 13.0 Å². The molecule has 4 rings (SSSR count). The molecule has 0 radical (unpaired) electrons.